The summed E-state index contributed by atoms with van der Waals surface area (Å²) in [6, 6.07) is 0.624. The molecule has 0 saturated heterocycles. The van der Waals surface area contributed by atoms with Gasteiger partial charge in [0, 0.05) is 31.4 Å². The van der Waals surface area contributed by atoms with Crippen molar-refractivity contribution in [3.05, 3.63) is 0 Å². The Bertz CT molecular complexity index is 423. The predicted octanol–water partition coefficient (Wildman–Crippen LogP) is 1.10. The second kappa shape index (κ2) is 10.8. The van der Waals surface area contributed by atoms with Gasteiger partial charge in [0.25, 0.3) is 0 Å². The summed E-state index contributed by atoms with van der Waals surface area (Å²) in [5.41, 5.74) is 0. The topological polar surface area (TPSA) is 73.8 Å². The zero-order valence-electron chi connectivity index (χ0n) is 15.0. The van der Waals surface area contributed by atoms with Gasteiger partial charge in [-0.1, -0.05) is 6.92 Å². The highest BCUT2D eigenvalue weighted by molar-refractivity contribution is 7.90. The fourth-order valence-corrected chi connectivity index (χ4v) is 2.65. The smallest absolute Gasteiger partial charge is 0.191 e. The van der Waals surface area contributed by atoms with E-state index < -0.39 is 9.84 Å². The number of nitrogens with one attached hydrogen (secondary N) is 2. The van der Waals surface area contributed by atoms with Crippen molar-refractivity contribution in [1.82, 2.24) is 15.5 Å². The summed E-state index contributed by atoms with van der Waals surface area (Å²) in [7, 11) is -0.805. The van der Waals surface area contributed by atoms with Gasteiger partial charge in [-0.05, 0) is 40.7 Å². The molecule has 2 atom stereocenters. The number of hydrogen-bond donors (Lipinski definition) is 2. The molecule has 0 aromatic carbocycles. The highest BCUT2D eigenvalue weighted by atomic mass is 32.2. The molecule has 22 heavy (non-hydrogen) atoms. The standard InChI is InChI=1S/C15H34N4O2S/c1-7-14(4)19(5)11-10-17-15(16-8-2)18-13(3)9-12-22(6,20)21/h13-14H,7-12H2,1-6H3,(H2,16,17,18). The summed E-state index contributed by atoms with van der Waals surface area (Å²) in [5, 5.41) is 6.46. The van der Waals surface area contributed by atoms with Gasteiger partial charge in [0.05, 0.1) is 12.3 Å². The van der Waals surface area contributed by atoms with Crippen molar-refractivity contribution in [1.29, 1.82) is 0 Å². The maximum Gasteiger partial charge on any atom is 0.191 e. The molecule has 0 heterocycles. The molecule has 0 saturated carbocycles. The molecule has 0 bridgehead atoms. The highest BCUT2D eigenvalue weighted by Crippen LogP contribution is 1.99. The third-order valence-corrected chi connectivity index (χ3v) is 4.69. The number of aliphatic imine (C=N–C) groups is 1. The van der Waals surface area contributed by atoms with E-state index in [0.29, 0.717) is 12.5 Å². The summed E-state index contributed by atoms with van der Waals surface area (Å²) in [4.78, 5) is 6.85. The van der Waals surface area contributed by atoms with Crippen molar-refractivity contribution in [2.75, 3.05) is 38.7 Å². The van der Waals surface area contributed by atoms with Crippen molar-refractivity contribution >= 4 is 15.8 Å². The molecule has 0 amide bonds. The molecule has 0 fully saturated rings. The molecule has 6 nitrogen and oxygen atoms in total. The lowest BCUT2D eigenvalue weighted by Gasteiger charge is -2.23. The molecule has 0 radical (unpaired) electrons. The van der Waals surface area contributed by atoms with Crippen LogP contribution in [0.15, 0.2) is 4.99 Å². The van der Waals surface area contributed by atoms with Crippen molar-refractivity contribution in [3.63, 3.8) is 0 Å². The minimum atomic E-state index is -2.91. The van der Waals surface area contributed by atoms with Gasteiger partial charge in [0.2, 0.25) is 0 Å². The van der Waals surface area contributed by atoms with Gasteiger partial charge < -0.3 is 15.5 Å². The third-order valence-electron chi connectivity index (χ3n) is 3.71. The van der Waals surface area contributed by atoms with Crippen LogP contribution >= 0.6 is 0 Å². The second-order valence-electron chi connectivity index (χ2n) is 5.96. The Labute approximate surface area is 136 Å². The van der Waals surface area contributed by atoms with E-state index in [2.05, 4.69) is 41.4 Å². The molecule has 7 heteroatoms. The number of hydrogen-bond acceptors (Lipinski definition) is 4. The fourth-order valence-electron chi connectivity index (χ4n) is 1.87. The molecule has 0 aliphatic carbocycles. The van der Waals surface area contributed by atoms with E-state index >= 15 is 0 Å². The van der Waals surface area contributed by atoms with Crippen LogP contribution in [0.2, 0.25) is 0 Å². The Hall–Kier alpha value is -0.820. The normalized spacial score (nSPS) is 15.7. The zero-order chi connectivity index (χ0) is 17.2. The Kier molecular flexibility index (Phi) is 10.4. The monoisotopic (exact) mass is 334 g/mol. The van der Waals surface area contributed by atoms with Crippen molar-refractivity contribution in [3.8, 4) is 0 Å². The van der Waals surface area contributed by atoms with E-state index in [9.17, 15) is 8.42 Å². The van der Waals surface area contributed by atoms with E-state index in [1.165, 1.54) is 6.26 Å². The lowest BCUT2D eigenvalue weighted by atomic mass is 10.2. The van der Waals surface area contributed by atoms with E-state index in [-0.39, 0.29) is 11.8 Å². The highest BCUT2D eigenvalue weighted by Gasteiger charge is 2.10. The summed E-state index contributed by atoms with van der Waals surface area (Å²) < 4.78 is 22.4. The van der Waals surface area contributed by atoms with Crippen LogP contribution in [0.5, 0.6) is 0 Å². The molecule has 0 aliphatic rings. The average molecular weight is 335 g/mol. The molecule has 0 rings (SSSR count). The Balaban J connectivity index is 4.36. The van der Waals surface area contributed by atoms with E-state index in [4.69, 9.17) is 0 Å². The maximum absolute atomic E-state index is 11.2. The van der Waals surface area contributed by atoms with Crippen LogP contribution in [0.3, 0.4) is 0 Å². The summed E-state index contributed by atoms with van der Waals surface area (Å²) in [6.07, 6.45) is 2.97. The van der Waals surface area contributed by atoms with Crippen LogP contribution in [0.1, 0.15) is 40.5 Å². The summed E-state index contributed by atoms with van der Waals surface area (Å²) in [5.74, 6) is 0.943. The number of likely N-dealkylation sites (N-methyl/N-ethyl adjacent to an activating group) is 1. The minimum Gasteiger partial charge on any atom is -0.357 e. The molecule has 0 aromatic heterocycles. The van der Waals surface area contributed by atoms with Gasteiger partial charge in [-0.15, -0.1) is 0 Å². The van der Waals surface area contributed by atoms with Crippen LogP contribution < -0.4 is 10.6 Å². The van der Waals surface area contributed by atoms with E-state index in [0.717, 1.165) is 32.0 Å². The van der Waals surface area contributed by atoms with Crippen molar-refractivity contribution < 1.29 is 8.42 Å². The number of rotatable bonds is 10. The molecule has 0 spiro atoms. The molecule has 0 aromatic rings. The van der Waals surface area contributed by atoms with Crippen LogP contribution in [0.25, 0.3) is 0 Å². The minimum absolute atomic E-state index is 0.0693. The molecular weight excluding hydrogens is 300 g/mol. The van der Waals surface area contributed by atoms with Gasteiger partial charge in [0.15, 0.2) is 5.96 Å². The van der Waals surface area contributed by atoms with Gasteiger partial charge >= 0.3 is 0 Å². The summed E-state index contributed by atoms with van der Waals surface area (Å²) >= 11 is 0. The van der Waals surface area contributed by atoms with Crippen LogP contribution in [0, 0.1) is 0 Å². The van der Waals surface area contributed by atoms with Gasteiger partial charge in [0.1, 0.15) is 9.84 Å². The largest absolute Gasteiger partial charge is 0.357 e. The predicted molar refractivity (Wildman–Crippen MR) is 95.3 cm³/mol. The molecule has 2 unspecified atom stereocenters. The van der Waals surface area contributed by atoms with Crippen LogP contribution in [-0.4, -0.2) is 70.1 Å². The van der Waals surface area contributed by atoms with Gasteiger partial charge in [-0.25, -0.2) is 8.42 Å². The van der Waals surface area contributed by atoms with Crippen molar-refractivity contribution in [2.45, 2.75) is 52.6 Å². The van der Waals surface area contributed by atoms with Crippen LogP contribution in [0.4, 0.5) is 0 Å². The number of guanidine groups is 1. The molecule has 2 N–H and O–H groups in total. The maximum atomic E-state index is 11.2. The average Bonchev–Trinajstić information content (AvgIpc) is 2.43. The van der Waals surface area contributed by atoms with E-state index in [1.807, 2.05) is 13.8 Å². The number of sulfone groups is 1. The van der Waals surface area contributed by atoms with Crippen LogP contribution in [-0.2, 0) is 9.84 Å². The first-order chi connectivity index (χ1) is 10.2. The zero-order valence-corrected chi connectivity index (χ0v) is 15.8. The third kappa shape index (κ3) is 10.8. The number of nitrogens with zero attached hydrogens (tertiary/aromatic N) is 2. The molecule has 132 valence electrons. The Morgan fingerprint density at radius 3 is 2.41 bits per heavy atom. The first kappa shape index (κ1) is 21.2. The molecular formula is C15H34N4O2S. The van der Waals surface area contributed by atoms with Gasteiger partial charge in [-0.3, -0.25) is 4.99 Å². The summed E-state index contributed by atoms with van der Waals surface area (Å²) in [6.45, 7) is 10.8. The first-order valence-corrected chi connectivity index (χ1v) is 10.2. The fraction of sp³-hybridized carbons (Fsp3) is 0.933. The second-order valence-corrected chi connectivity index (χ2v) is 8.22. The van der Waals surface area contributed by atoms with Crippen molar-refractivity contribution in [2.24, 2.45) is 4.99 Å². The molecule has 0 aliphatic heterocycles. The quantitative estimate of drug-likeness (QED) is 0.462. The lowest BCUT2D eigenvalue weighted by molar-refractivity contribution is 0.259. The lowest BCUT2D eigenvalue weighted by Crippen LogP contribution is -2.43. The Morgan fingerprint density at radius 2 is 1.91 bits per heavy atom. The Morgan fingerprint density at radius 1 is 1.27 bits per heavy atom. The van der Waals surface area contributed by atoms with Gasteiger partial charge in [-0.2, -0.15) is 0 Å². The van der Waals surface area contributed by atoms with E-state index in [1.54, 1.807) is 0 Å². The first-order valence-electron chi connectivity index (χ1n) is 8.12. The SMILES string of the molecule is CCNC(=NCCN(C)C(C)CC)NC(C)CCS(C)(=O)=O.